The van der Waals surface area contributed by atoms with Gasteiger partial charge in [0.1, 0.15) is 17.3 Å². The van der Waals surface area contributed by atoms with Gasteiger partial charge in [0.05, 0.1) is 18.1 Å². The smallest absolute Gasteiger partial charge is 0.267 e. The van der Waals surface area contributed by atoms with Crippen molar-refractivity contribution in [1.82, 2.24) is 20.3 Å². The van der Waals surface area contributed by atoms with Gasteiger partial charge in [-0.3, -0.25) is 4.79 Å². The highest BCUT2D eigenvalue weighted by Crippen LogP contribution is 2.32. The van der Waals surface area contributed by atoms with Crippen LogP contribution in [0.3, 0.4) is 0 Å². The van der Waals surface area contributed by atoms with Crippen molar-refractivity contribution in [2.24, 2.45) is 0 Å². The number of benzene rings is 2. The van der Waals surface area contributed by atoms with E-state index in [0.717, 1.165) is 59.2 Å². The molecule has 6 nitrogen and oxygen atoms in total. The molecular formula is C23H24N4O2. The van der Waals surface area contributed by atoms with Crippen LogP contribution in [0.1, 0.15) is 47.9 Å². The molecule has 3 N–H and O–H groups in total. The molecule has 0 aliphatic heterocycles. The third-order valence-electron chi connectivity index (χ3n) is 5.88. The summed E-state index contributed by atoms with van der Waals surface area (Å²) in [7, 11) is 1.64. The number of fused-ring (bicyclic) bond motifs is 2. The van der Waals surface area contributed by atoms with Crippen molar-refractivity contribution in [3.63, 3.8) is 0 Å². The Kier molecular flexibility index (Phi) is 4.46. The van der Waals surface area contributed by atoms with Gasteiger partial charge in [0.2, 0.25) is 0 Å². The van der Waals surface area contributed by atoms with Crippen LogP contribution in [-0.2, 0) is 0 Å². The minimum absolute atomic E-state index is 0.0598. The van der Waals surface area contributed by atoms with Crippen molar-refractivity contribution in [2.45, 2.75) is 37.6 Å². The molecule has 1 aliphatic carbocycles. The van der Waals surface area contributed by atoms with Crippen LogP contribution in [0, 0.1) is 0 Å². The van der Waals surface area contributed by atoms with Gasteiger partial charge >= 0.3 is 0 Å². The SMILES string of the molecule is COc1ccc2cc(C(=O)N[C@@H]3CCC[C@H](c4nc5ccccc5[nH]4)C3)[nH]c2c1. The molecule has 1 saturated carbocycles. The van der Waals surface area contributed by atoms with Gasteiger partial charge in [-0.1, -0.05) is 18.6 Å². The molecule has 0 radical (unpaired) electrons. The van der Waals surface area contributed by atoms with Crippen LogP contribution in [-0.4, -0.2) is 34.0 Å². The number of aromatic amines is 2. The van der Waals surface area contributed by atoms with Gasteiger partial charge in [0, 0.05) is 28.9 Å². The number of nitrogens with zero attached hydrogens (tertiary/aromatic N) is 1. The molecule has 0 saturated heterocycles. The first-order valence-corrected chi connectivity index (χ1v) is 10.1. The van der Waals surface area contributed by atoms with Gasteiger partial charge in [0.15, 0.2) is 0 Å². The van der Waals surface area contributed by atoms with Crippen LogP contribution in [0.4, 0.5) is 0 Å². The highest BCUT2D eigenvalue weighted by atomic mass is 16.5. The first kappa shape index (κ1) is 17.8. The van der Waals surface area contributed by atoms with E-state index in [1.165, 1.54) is 0 Å². The molecule has 2 aromatic heterocycles. The molecular weight excluding hydrogens is 364 g/mol. The number of imidazole rings is 1. The Bertz CT molecular complexity index is 1140. The number of para-hydroxylation sites is 2. The van der Waals surface area contributed by atoms with E-state index in [2.05, 4.69) is 21.4 Å². The van der Waals surface area contributed by atoms with Crippen molar-refractivity contribution in [3.8, 4) is 5.75 Å². The minimum Gasteiger partial charge on any atom is -0.497 e. The summed E-state index contributed by atoms with van der Waals surface area (Å²) in [4.78, 5) is 24.3. The van der Waals surface area contributed by atoms with Crippen LogP contribution < -0.4 is 10.1 Å². The molecule has 1 fully saturated rings. The second-order valence-corrected chi connectivity index (χ2v) is 7.81. The van der Waals surface area contributed by atoms with E-state index in [1.54, 1.807) is 7.11 Å². The van der Waals surface area contributed by atoms with Gasteiger partial charge in [-0.2, -0.15) is 0 Å². The predicted molar refractivity (Wildman–Crippen MR) is 113 cm³/mol. The average Bonchev–Trinajstić information content (AvgIpc) is 3.37. The number of nitrogens with one attached hydrogen (secondary N) is 3. The zero-order chi connectivity index (χ0) is 19.8. The standard InChI is InChI=1S/C23H24N4O2/c1-29-17-10-9-14-12-21(25-20(14)13-17)23(28)24-16-6-4-5-15(11-16)22-26-18-7-2-3-8-19(18)27-22/h2-3,7-10,12-13,15-16,25H,4-6,11H2,1H3,(H,24,28)(H,26,27)/t15-,16+/m0/s1. The van der Waals surface area contributed by atoms with Crippen molar-refractivity contribution >= 4 is 27.8 Å². The third-order valence-corrected chi connectivity index (χ3v) is 5.88. The Hall–Kier alpha value is -3.28. The second-order valence-electron chi connectivity index (χ2n) is 7.81. The largest absolute Gasteiger partial charge is 0.497 e. The minimum atomic E-state index is -0.0598. The van der Waals surface area contributed by atoms with Crippen LogP contribution in [0.5, 0.6) is 5.75 Å². The summed E-state index contributed by atoms with van der Waals surface area (Å²) in [6.45, 7) is 0. The second kappa shape index (κ2) is 7.28. The lowest BCUT2D eigenvalue weighted by Gasteiger charge is -2.28. The maximum Gasteiger partial charge on any atom is 0.267 e. The van der Waals surface area contributed by atoms with Crippen LogP contribution in [0.15, 0.2) is 48.5 Å². The zero-order valence-electron chi connectivity index (χ0n) is 16.4. The van der Waals surface area contributed by atoms with Crippen LogP contribution in [0.2, 0.25) is 0 Å². The number of H-pyrrole nitrogens is 2. The summed E-state index contributed by atoms with van der Waals surface area (Å²) in [5.74, 6) is 2.08. The normalized spacial score (nSPS) is 19.5. The highest BCUT2D eigenvalue weighted by molar-refractivity contribution is 5.98. The van der Waals surface area contributed by atoms with E-state index in [4.69, 9.17) is 9.72 Å². The van der Waals surface area contributed by atoms with Crippen molar-refractivity contribution < 1.29 is 9.53 Å². The molecule has 148 valence electrons. The van der Waals surface area contributed by atoms with E-state index >= 15 is 0 Å². The Morgan fingerprint density at radius 3 is 2.86 bits per heavy atom. The molecule has 5 rings (SSSR count). The monoisotopic (exact) mass is 388 g/mol. The molecule has 1 amide bonds. The summed E-state index contributed by atoms with van der Waals surface area (Å²) >= 11 is 0. The molecule has 0 spiro atoms. The fourth-order valence-corrected chi connectivity index (χ4v) is 4.35. The fourth-order valence-electron chi connectivity index (χ4n) is 4.35. The molecule has 2 atom stereocenters. The summed E-state index contributed by atoms with van der Waals surface area (Å²) in [6.07, 6.45) is 4.07. The molecule has 6 heteroatoms. The molecule has 0 bridgehead atoms. The first-order chi connectivity index (χ1) is 14.2. The van der Waals surface area contributed by atoms with Crippen molar-refractivity contribution in [1.29, 1.82) is 0 Å². The number of hydrogen-bond donors (Lipinski definition) is 3. The lowest BCUT2D eigenvalue weighted by atomic mass is 9.85. The summed E-state index contributed by atoms with van der Waals surface area (Å²) < 4.78 is 5.26. The van der Waals surface area contributed by atoms with Gasteiger partial charge in [-0.05, 0) is 49.6 Å². The highest BCUT2D eigenvalue weighted by Gasteiger charge is 2.27. The maximum atomic E-state index is 12.8. The fraction of sp³-hybridized carbons (Fsp3) is 0.304. The van der Waals surface area contributed by atoms with Crippen LogP contribution in [0.25, 0.3) is 21.9 Å². The summed E-state index contributed by atoms with van der Waals surface area (Å²) in [5.41, 5.74) is 3.56. The van der Waals surface area contributed by atoms with E-state index in [9.17, 15) is 4.79 Å². The number of methoxy groups -OCH3 is 1. The van der Waals surface area contributed by atoms with Crippen molar-refractivity contribution in [2.75, 3.05) is 7.11 Å². The van der Waals surface area contributed by atoms with Crippen molar-refractivity contribution in [3.05, 3.63) is 60.0 Å². The lowest BCUT2D eigenvalue weighted by Crippen LogP contribution is -2.38. The maximum absolute atomic E-state index is 12.8. The lowest BCUT2D eigenvalue weighted by molar-refractivity contribution is 0.0920. The van der Waals surface area contributed by atoms with E-state index in [1.807, 2.05) is 42.5 Å². The number of rotatable bonds is 4. The van der Waals surface area contributed by atoms with Crippen LogP contribution >= 0.6 is 0 Å². The van der Waals surface area contributed by atoms with E-state index in [0.29, 0.717) is 11.6 Å². The molecule has 1 aliphatic rings. The Labute approximate surface area is 168 Å². The number of carbonyl (C=O) groups is 1. The molecule has 29 heavy (non-hydrogen) atoms. The van der Waals surface area contributed by atoms with Gasteiger partial charge < -0.3 is 20.0 Å². The Morgan fingerprint density at radius 1 is 1.10 bits per heavy atom. The Balaban J connectivity index is 1.30. The number of carbonyl (C=O) groups excluding carboxylic acids is 1. The van der Waals surface area contributed by atoms with Gasteiger partial charge in [-0.25, -0.2) is 4.98 Å². The average molecular weight is 388 g/mol. The Morgan fingerprint density at radius 2 is 2.00 bits per heavy atom. The topological polar surface area (TPSA) is 82.8 Å². The number of aromatic nitrogens is 3. The summed E-state index contributed by atoms with van der Waals surface area (Å²) in [6, 6.07) is 15.9. The predicted octanol–water partition coefficient (Wildman–Crippen LogP) is 4.51. The molecule has 2 heterocycles. The van der Waals surface area contributed by atoms with Gasteiger partial charge in [0.25, 0.3) is 5.91 Å². The number of ether oxygens (including phenoxy) is 1. The third kappa shape index (κ3) is 3.46. The molecule has 0 unspecified atom stereocenters. The molecule has 2 aromatic carbocycles. The summed E-state index contributed by atoms with van der Waals surface area (Å²) in [5, 5.41) is 4.21. The quantitative estimate of drug-likeness (QED) is 0.481. The first-order valence-electron chi connectivity index (χ1n) is 10.1. The number of amides is 1. The van der Waals surface area contributed by atoms with E-state index in [-0.39, 0.29) is 11.9 Å². The van der Waals surface area contributed by atoms with E-state index < -0.39 is 0 Å². The zero-order valence-corrected chi connectivity index (χ0v) is 16.4. The molecule has 4 aromatic rings. The van der Waals surface area contributed by atoms with Gasteiger partial charge in [-0.15, -0.1) is 0 Å². The number of hydrogen-bond acceptors (Lipinski definition) is 3.